The first-order chi connectivity index (χ1) is 8.39. The summed E-state index contributed by atoms with van der Waals surface area (Å²) in [4.78, 5) is 13.3. The van der Waals surface area contributed by atoms with Crippen molar-refractivity contribution < 1.29 is 19.7 Å². The van der Waals surface area contributed by atoms with Crippen molar-refractivity contribution in [1.29, 1.82) is 0 Å². The van der Waals surface area contributed by atoms with Crippen molar-refractivity contribution in [2.45, 2.75) is 45.8 Å². The van der Waals surface area contributed by atoms with E-state index in [0.29, 0.717) is 32.5 Å². The van der Waals surface area contributed by atoms with Gasteiger partial charge in [0.05, 0.1) is 24.2 Å². The summed E-state index contributed by atoms with van der Waals surface area (Å²) in [6.45, 7) is 7.82. The van der Waals surface area contributed by atoms with E-state index in [-0.39, 0.29) is 6.10 Å². The highest BCUT2D eigenvalue weighted by Crippen LogP contribution is 2.34. The number of carboxylic acid groups (broad SMARTS) is 1. The fraction of sp³-hybridized carbons (Fsp3) is 0.923. The van der Waals surface area contributed by atoms with Crippen LogP contribution in [-0.2, 0) is 9.53 Å². The van der Waals surface area contributed by atoms with E-state index in [1.165, 1.54) is 0 Å². The summed E-state index contributed by atoms with van der Waals surface area (Å²) in [5, 5.41) is 19.1. The molecule has 106 valence electrons. The fourth-order valence-corrected chi connectivity index (χ4v) is 2.38. The number of β-amino-alcohol motifs (C(OH)–C–C–N with tert-alkyl or cyclic N) is 1. The number of hydrogen-bond acceptors (Lipinski definition) is 4. The number of ether oxygens (including phenoxy) is 1. The number of aliphatic hydroxyl groups is 1. The van der Waals surface area contributed by atoms with Gasteiger partial charge >= 0.3 is 5.97 Å². The number of likely N-dealkylation sites (tertiary alicyclic amines) is 1. The molecule has 1 fully saturated rings. The van der Waals surface area contributed by atoms with Crippen LogP contribution in [0.25, 0.3) is 0 Å². The summed E-state index contributed by atoms with van der Waals surface area (Å²) in [5.74, 6) is -0.722. The summed E-state index contributed by atoms with van der Waals surface area (Å²) in [7, 11) is 0. The number of nitrogens with zero attached hydrogens (tertiary/aromatic N) is 1. The van der Waals surface area contributed by atoms with E-state index in [0.717, 1.165) is 6.54 Å². The van der Waals surface area contributed by atoms with Crippen molar-refractivity contribution in [3.63, 3.8) is 0 Å². The summed E-state index contributed by atoms with van der Waals surface area (Å²) in [6, 6.07) is 0. The van der Waals surface area contributed by atoms with E-state index in [1.807, 2.05) is 25.7 Å². The van der Waals surface area contributed by atoms with E-state index in [1.54, 1.807) is 0 Å². The van der Waals surface area contributed by atoms with Crippen molar-refractivity contribution in [1.82, 2.24) is 4.90 Å². The van der Waals surface area contributed by atoms with Crippen LogP contribution in [0.3, 0.4) is 0 Å². The molecule has 2 unspecified atom stereocenters. The summed E-state index contributed by atoms with van der Waals surface area (Å²) in [5.41, 5.74) is -0.626. The Kier molecular flexibility index (Phi) is 5.56. The smallest absolute Gasteiger partial charge is 0.310 e. The van der Waals surface area contributed by atoms with E-state index >= 15 is 0 Å². The molecule has 1 aliphatic heterocycles. The summed E-state index contributed by atoms with van der Waals surface area (Å²) in [6.07, 6.45) is 0.856. The van der Waals surface area contributed by atoms with Crippen LogP contribution in [0.2, 0.25) is 0 Å². The Bertz CT molecular complexity index is 282. The average molecular weight is 259 g/mol. The number of aliphatic carboxylic acids is 1. The van der Waals surface area contributed by atoms with Crippen molar-refractivity contribution in [3.8, 4) is 0 Å². The number of hydrogen-bond donors (Lipinski definition) is 2. The predicted octanol–water partition coefficient (Wildman–Crippen LogP) is 0.959. The van der Waals surface area contributed by atoms with Gasteiger partial charge in [0, 0.05) is 13.1 Å². The molecule has 1 rings (SSSR count). The maximum atomic E-state index is 11.3. The Hall–Kier alpha value is -0.650. The first kappa shape index (κ1) is 15.4. The van der Waals surface area contributed by atoms with Crippen molar-refractivity contribution >= 4 is 5.97 Å². The molecule has 2 atom stereocenters. The average Bonchev–Trinajstić information content (AvgIpc) is 2.71. The largest absolute Gasteiger partial charge is 0.481 e. The van der Waals surface area contributed by atoms with Gasteiger partial charge in [-0.3, -0.25) is 9.69 Å². The van der Waals surface area contributed by atoms with Gasteiger partial charge in [-0.2, -0.15) is 0 Å². The second-order valence-corrected chi connectivity index (χ2v) is 5.46. The lowest BCUT2D eigenvalue weighted by Crippen LogP contribution is -2.38. The van der Waals surface area contributed by atoms with E-state index < -0.39 is 17.5 Å². The molecule has 1 aliphatic rings. The normalized spacial score (nSPS) is 26.7. The van der Waals surface area contributed by atoms with Crippen molar-refractivity contribution in [2.24, 2.45) is 5.41 Å². The lowest BCUT2D eigenvalue weighted by Gasteiger charge is -2.24. The van der Waals surface area contributed by atoms with Crippen molar-refractivity contribution in [2.75, 3.05) is 26.2 Å². The highest BCUT2D eigenvalue weighted by molar-refractivity contribution is 5.75. The van der Waals surface area contributed by atoms with Crippen LogP contribution in [0.4, 0.5) is 0 Å². The zero-order valence-electron chi connectivity index (χ0n) is 11.6. The van der Waals surface area contributed by atoms with Crippen LogP contribution in [0.15, 0.2) is 0 Å². The number of aliphatic hydroxyl groups excluding tert-OH is 1. The molecule has 0 radical (unpaired) electrons. The molecule has 0 amide bonds. The molecule has 5 nitrogen and oxygen atoms in total. The first-order valence-corrected chi connectivity index (χ1v) is 6.65. The van der Waals surface area contributed by atoms with Crippen LogP contribution >= 0.6 is 0 Å². The standard InChI is InChI=1S/C13H25NO4/c1-4-13(12(16)17)5-6-14(9-13)7-11(15)8-18-10(2)3/h10-11,15H,4-9H2,1-3H3,(H,16,17). The monoisotopic (exact) mass is 259 g/mol. The number of carbonyl (C=O) groups is 1. The van der Waals surface area contributed by atoms with Crippen LogP contribution in [-0.4, -0.2) is 59.5 Å². The molecule has 0 spiro atoms. The summed E-state index contributed by atoms with van der Waals surface area (Å²) < 4.78 is 5.35. The van der Waals surface area contributed by atoms with E-state index in [4.69, 9.17) is 4.74 Å². The van der Waals surface area contributed by atoms with Gasteiger partial charge in [0.2, 0.25) is 0 Å². The topological polar surface area (TPSA) is 70.0 Å². The van der Waals surface area contributed by atoms with Crippen LogP contribution in [0.5, 0.6) is 0 Å². The van der Waals surface area contributed by atoms with E-state index in [2.05, 4.69) is 0 Å². The van der Waals surface area contributed by atoms with Crippen molar-refractivity contribution in [3.05, 3.63) is 0 Å². The van der Waals surface area contributed by atoms with Crippen LogP contribution < -0.4 is 0 Å². The van der Waals surface area contributed by atoms with Gasteiger partial charge in [-0.05, 0) is 33.2 Å². The molecular formula is C13H25NO4. The van der Waals surface area contributed by atoms with Gasteiger partial charge in [-0.15, -0.1) is 0 Å². The quantitative estimate of drug-likeness (QED) is 0.712. The molecule has 18 heavy (non-hydrogen) atoms. The second-order valence-electron chi connectivity index (χ2n) is 5.46. The minimum atomic E-state index is -0.722. The number of rotatable bonds is 7. The molecule has 5 heteroatoms. The Labute approximate surface area is 109 Å². The molecule has 1 saturated heterocycles. The Morgan fingerprint density at radius 3 is 2.61 bits per heavy atom. The Morgan fingerprint density at radius 1 is 1.50 bits per heavy atom. The zero-order chi connectivity index (χ0) is 13.8. The third kappa shape index (κ3) is 3.93. The second kappa shape index (κ2) is 6.50. The zero-order valence-corrected chi connectivity index (χ0v) is 11.6. The van der Waals surface area contributed by atoms with Gasteiger partial charge in [-0.25, -0.2) is 0 Å². The predicted molar refractivity (Wildman–Crippen MR) is 68.5 cm³/mol. The molecule has 0 aliphatic carbocycles. The SMILES string of the molecule is CCC1(C(=O)O)CCN(CC(O)COC(C)C)C1. The summed E-state index contributed by atoms with van der Waals surface area (Å²) >= 11 is 0. The van der Waals surface area contributed by atoms with Crippen LogP contribution in [0, 0.1) is 5.41 Å². The third-order valence-corrected chi connectivity index (χ3v) is 3.65. The molecule has 0 aromatic carbocycles. The Morgan fingerprint density at radius 2 is 2.17 bits per heavy atom. The highest BCUT2D eigenvalue weighted by atomic mass is 16.5. The number of carboxylic acids is 1. The van der Waals surface area contributed by atoms with Gasteiger partial charge in [0.25, 0.3) is 0 Å². The fourth-order valence-electron chi connectivity index (χ4n) is 2.38. The first-order valence-electron chi connectivity index (χ1n) is 6.65. The van der Waals surface area contributed by atoms with Gasteiger partial charge in [-0.1, -0.05) is 6.92 Å². The molecule has 2 N–H and O–H groups in total. The highest BCUT2D eigenvalue weighted by Gasteiger charge is 2.43. The van der Waals surface area contributed by atoms with Crippen LogP contribution in [0.1, 0.15) is 33.6 Å². The molecule has 0 bridgehead atoms. The van der Waals surface area contributed by atoms with Gasteiger partial charge in [0.15, 0.2) is 0 Å². The molecular weight excluding hydrogens is 234 g/mol. The molecule has 1 heterocycles. The maximum absolute atomic E-state index is 11.3. The minimum Gasteiger partial charge on any atom is -0.481 e. The maximum Gasteiger partial charge on any atom is 0.310 e. The van der Waals surface area contributed by atoms with Gasteiger partial charge in [0.1, 0.15) is 0 Å². The molecule has 0 saturated carbocycles. The van der Waals surface area contributed by atoms with Gasteiger partial charge < -0.3 is 14.9 Å². The van der Waals surface area contributed by atoms with E-state index in [9.17, 15) is 15.0 Å². The molecule has 0 aromatic rings. The minimum absolute atomic E-state index is 0.104. The molecule has 0 aromatic heterocycles. The lowest BCUT2D eigenvalue weighted by molar-refractivity contribution is -0.148. The lowest BCUT2D eigenvalue weighted by atomic mass is 9.84. The Balaban J connectivity index is 2.40. The third-order valence-electron chi connectivity index (χ3n) is 3.65.